The van der Waals surface area contributed by atoms with Gasteiger partial charge in [0.2, 0.25) is 0 Å². The summed E-state index contributed by atoms with van der Waals surface area (Å²) in [6.07, 6.45) is 1.08. The molecule has 0 aliphatic heterocycles. The number of anilines is 1. The molecule has 1 aromatic rings. The molecule has 3 N–H and O–H groups in total. The number of amides is 2. The maximum atomic E-state index is 11.5. The molecule has 4 nitrogen and oxygen atoms in total. The average molecular weight is 290 g/mol. The predicted octanol–water partition coefficient (Wildman–Crippen LogP) is 3.11. The molecule has 0 heterocycles. The smallest absolute Gasteiger partial charge is 0.319 e. The topological polar surface area (TPSA) is 53.2 Å². The Morgan fingerprint density at radius 3 is 2.39 bits per heavy atom. The van der Waals surface area contributed by atoms with Crippen LogP contribution in [0.1, 0.15) is 13.3 Å². The Morgan fingerprint density at radius 1 is 1.11 bits per heavy atom. The summed E-state index contributed by atoms with van der Waals surface area (Å²) < 4.78 is 0. The third-order valence-corrected chi connectivity index (χ3v) is 2.57. The lowest BCUT2D eigenvalue weighted by Gasteiger charge is -2.08. The van der Waals surface area contributed by atoms with E-state index in [-0.39, 0.29) is 6.03 Å². The van der Waals surface area contributed by atoms with Gasteiger partial charge in [-0.1, -0.05) is 30.1 Å². The minimum Gasteiger partial charge on any atom is -0.337 e. The van der Waals surface area contributed by atoms with Crippen molar-refractivity contribution in [3.63, 3.8) is 0 Å². The normalized spacial score (nSPS) is 10.2. The van der Waals surface area contributed by atoms with Gasteiger partial charge in [-0.2, -0.15) is 0 Å². The van der Waals surface area contributed by atoms with Crippen LogP contribution < -0.4 is 16.0 Å². The number of rotatable bonds is 6. The Kier molecular flexibility index (Phi) is 6.86. The van der Waals surface area contributed by atoms with Gasteiger partial charge in [-0.15, -0.1) is 0 Å². The highest BCUT2D eigenvalue weighted by atomic mass is 35.5. The van der Waals surface area contributed by atoms with E-state index in [2.05, 4.69) is 22.9 Å². The van der Waals surface area contributed by atoms with Gasteiger partial charge in [0, 0.05) is 28.8 Å². The third kappa shape index (κ3) is 6.10. The molecule has 1 rings (SSSR count). The molecule has 0 radical (unpaired) electrons. The second-order valence-corrected chi connectivity index (χ2v) is 4.66. The quantitative estimate of drug-likeness (QED) is 0.705. The van der Waals surface area contributed by atoms with Crippen molar-refractivity contribution in [2.24, 2.45) is 0 Å². The number of urea groups is 1. The summed E-state index contributed by atoms with van der Waals surface area (Å²) in [6.45, 7) is 4.36. The molecular formula is C12H17Cl2N3O. The summed E-state index contributed by atoms with van der Waals surface area (Å²) >= 11 is 11.7. The Bertz CT molecular complexity index is 379. The molecule has 0 spiro atoms. The lowest BCUT2D eigenvalue weighted by molar-refractivity contribution is 0.252. The number of benzene rings is 1. The summed E-state index contributed by atoms with van der Waals surface area (Å²) in [5.41, 5.74) is 0.575. The predicted molar refractivity (Wildman–Crippen MR) is 76.6 cm³/mol. The van der Waals surface area contributed by atoms with Gasteiger partial charge in [-0.3, -0.25) is 0 Å². The largest absolute Gasteiger partial charge is 0.337 e. The van der Waals surface area contributed by atoms with E-state index in [0.717, 1.165) is 19.5 Å². The Hall–Kier alpha value is -0.970. The lowest BCUT2D eigenvalue weighted by Crippen LogP contribution is -2.34. The van der Waals surface area contributed by atoms with Crippen LogP contribution in [0.5, 0.6) is 0 Å². The molecule has 100 valence electrons. The highest BCUT2D eigenvalue weighted by Crippen LogP contribution is 2.22. The standard InChI is InChI=1S/C12H17Cl2N3O/c1-2-3-15-4-5-16-12(18)17-11-7-9(13)6-10(14)8-11/h6-8,15H,2-5H2,1H3,(H2,16,17,18). The SMILES string of the molecule is CCCNCCNC(=O)Nc1cc(Cl)cc(Cl)c1. The van der Waals surface area contributed by atoms with Gasteiger partial charge in [-0.05, 0) is 31.2 Å². The van der Waals surface area contributed by atoms with Crippen LogP contribution in [0.4, 0.5) is 10.5 Å². The molecule has 18 heavy (non-hydrogen) atoms. The Labute approximate surface area is 117 Å². The molecule has 0 bridgehead atoms. The number of halogens is 2. The first-order valence-electron chi connectivity index (χ1n) is 5.83. The van der Waals surface area contributed by atoms with Crippen LogP contribution >= 0.6 is 23.2 Å². The van der Waals surface area contributed by atoms with Gasteiger partial charge in [0.25, 0.3) is 0 Å². The maximum absolute atomic E-state index is 11.5. The van der Waals surface area contributed by atoms with Crippen LogP contribution in [0.3, 0.4) is 0 Å². The number of hydrogen-bond acceptors (Lipinski definition) is 2. The molecule has 0 saturated heterocycles. The fourth-order valence-corrected chi connectivity index (χ4v) is 1.89. The van der Waals surface area contributed by atoms with Crippen molar-refractivity contribution in [2.75, 3.05) is 25.0 Å². The molecule has 0 saturated carbocycles. The first kappa shape index (κ1) is 15.1. The van der Waals surface area contributed by atoms with Gasteiger partial charge in [0.1, 0.15) is 0 Å². The van der Waals surface area contributed by atoms with Gasteiger partial charge in [-0.25, -0.2) is 4.79 Å². The molecule has 6 heteroatoms. The van der Waals surface area contributed by atoms with Crippen LogP contribution in [0.2, 0.25) is 10.0 Å². The average Bonchev–Trinajstić information content (AvgIpc) is 2.27. The molecule has 0 fully saturated rings. The van der Waals surface area contributed by atoms with Crippen LogP contribution in [-0.2, 0) is 0 Å². The highest BCUT2D eigenvalue weighted by Gasteiger charge is 2.02. The summed E-state index contributed by atoms with van der Waals surface area (Å²) in [6, 6.07) is 4.62. The van der Waals surface area contributed by atoms with Crippen molar-refractivity contribution in [1.82, 2.24) is 10.6 Å². The van der Waals surface area contributed by atoms with E-state index in [1.807, 2.05) is 0 Å². The van der Waals surface area contributed by atoms with E-state index in [0.29, 0.717) is 22.3 Å². The highest BCUT2D eigenvalue weighted by molar-refractivity contribution is 6.35. The summed E-state index contributed by atoms with van der Waals surface area (Å²) in [5, 5.41) is 9.56. The molecule has 0 aromatic heterocycles. The second kappa shape index (κ2) is 8.19. The zero-order valence-electron chi connectivity index (χ0n) is 10.2. The van der Waals surface area contributed by atoms with Gasteiger partial charge in [0.15, 0.2) is 0 Å². The Balaban J connectivity index is 2.31. The van der Waals surface area contributed by atoms with Crippen molar-refractivity contribution >= 4 is 34.9 Å². The summed E-state index contributed by atoms with van der Waals surface area (Å²) in [7, 11) is 0. The fourth-order valence-electron chi connectivity index (χ4n) is 1.37. The number of carbonyl (C=O) groups is 1. The van der Waals surface area contributed by atoms with E-state index in [9.17, 15) is 4.79 Å². The van der Waals surface area contributed by atoms with Crippen LogP contribution in [0.25, 0.3) is 0 Å². The van der Waals surface area contributed by atoms with Crippen molar-refractivity contribution in [1.29, 1.82) is 0 Å². The van der Waals surface area contributed by atoms with E-state index in [1.165, 1.54) is 0 Å². The minimum atomic E-state index is -0.272. The number of carbonyl (C=O) groups excluding carboxylic acids is 1. The third-order valence-electron chi connectivity index (χ3n) is 2.13. The number of hydrogen-bond donors (Lipinski definition) is 3. The zero-order valence-corrected chi connectivity index (χ0v) is 11.7. The van der Waals surface area contributed by atoms with Crippen LogP contribution in [-0.4, -0.2) is 25.7 Å². The molecular weight excluding hydrogens is 273 g/mol. The van der Waals surface area contributed by atoms with Crippen molar-refractivity contribution < 1.29 is 4.79 Å². The fraction of sp³-hybridized carbons (Fsp3) is 0.417. The summed E-state index contributed by atoms with van der Waals surface area (Å²) in [5.74, 6) is 0. The van der Waals surface area contributed by atoms with Crippen LogP contribution in [0.15, 0.2) is 18.2 Å². The van der Waals surface area contributed by atoms with E-state index in [4.69, 9.17) is 23.2 Å². The van der Waals surface area contributed by atoms with E-state index in [1.54, 1.807) is 18.2 Å². The molecule has 2 amide bonds. The van der Waals surface area contributed by atoms with Gasteiger partial charge >= 0.3 is 6.03 Å². The molecule has 1 aromatic carbocycles. The van der Waals surface area contributed by atoms with Crippen molar-refractivity contribution in [2.45, 2.75) is 13.3 Å². The van der Waals surface area contributed by atoms with Gasteiger partial charge < -0.3 is 16.0 Å². The van der Waals surface area contributed by atoms with Crippen LogP contribution in [0, 0.1) is 0 Å². The first-order valence-corrected chi connectivity index (χ1v) is 6.59. The van der Waals surface area contributed by atoms with E-state index >= 15 is 0 Å². The zero-order chi connectivity index (χ0) is 13.4. The maximum Gasteiger partial charge on any atom is 0.319 e. The summed E-state index contributed by atoms with van der Waals surface area (Å²) in [4.78, 5) is 11.5. The molecule has 0 aliphatic carbocycles. The van der Waals surface area contributed by atoms with Crippen molar-refractivity contribution in [3.8, 4) is 0 Å². The van der Waals surface area contributed by atoms with Crippen molar-refractivity contribution in [3.05, 3.63) is 28.2 Å². The molecule has 0 aliphatic rings. The monoisotopic (exact) mass is 289 g/mol. The second-order valence-electron chi connectivity index (χ2n) is 3.79. The first-order chi connectivity index (χ1) is 8.61. The molecule has 0 atom stereocenters. The minimum absolute atomic E-state index is 0.272. The number of nitrogens with one attached hydrogen (secondary N) is 3. The molecule has 0 unspecified atom stereocenters. The van der Waals surface area contributed by atoms with E-state index < -0.39 is 0 Å². The lowest BCUT2D eigenvalue weighted by atomic mass is 10.3. The van der Waals surface area contributed by atoms with Gasteiger partial charge in [0.05, 0.1) is 0 Å². The Morgan fingerprint density at radius 2 is 1.78 bits per heavy atom.